The minimum absolute atomic E-state index is 0.245. The summed E-state index contributed by atoms with van der Waals surface area (Å²) >= 11 is 0. The third-order valence-electron chi connectivity index (χ3n) is 3.79. The van der Waals surface area contributed by atoms with Crippen LogP contribution < -0.4 is 0 Å². The van der Waals surface area contributed by atoms with E-state index in [1.54, 1.807) is 18.2 Å². The van der Waals surface area contributed by atoms with E-state index in [0.29, 0.717) is 0 Å². The number of hydrogen-bond acceptors (Lipinski definition) is 2. The number of benzene rings is 1. The molecule has 2 rings (SSSR count). The van der Waals surface area contributed by atoms with Gasteiger partial charge in [0.1, 0.15) is 5.75 Å². The van der Waals surface area contributed by atoms with E-state index in [1.165, 1.54) is 12.8 Å². The Morgan fingerprint density at radius 1 is 1.35 bits per heavy atom. The van der Waals surface area contributed by atoms with Crippen molar-refractivity contribution in [3.05, 3.63) is 29.3 Å². The van der Waals surface area contributed by atoms with Crippen molar-refractivity contribution in [1.82, 2.24) is 0 Å². The van der Waals surface area contributed by atoms with Crippen LogP contribution in [0.25, 0.3) is 0 Å². The maximum absolute atomic E-state index is 12.3. The molecule has 92 valence electrons. The summed E-state index contributed by atoms with van der Waals surface area (Å²) in [5.74, 6) is 0.512. The Balaban J connectivity index is 2.18. The molecule has 2 heteroatoms. The molecule has 0 saturated heterocycles. The second-order valence-corrected chi connectivity index (χ2v) is 5.37. The number of fused-ring (bicyclic) bond motifs is 1. The van der Waals surface area contributed by atoms with Crippen LogP contribution in [0.15, 0.2) is 18.2 Å². The molecule has 2 nitrogen and oxygen atoms in total. The lowest BCUT2D eigenvalue weighted by Crippen LogP contribution is -2.23. The third-order valence-corrected chi connectivity index (χ3v) is 3.79. The van der Waals surface area contributed by atoms with Crippen molar-refractivity contribution >= 4 is 5.78 Å². The molecule has 0 radical (unpaired) electrons. The number of Topliss-reactive ketones (excluding diaryl/α,β-unsaturated/α-hetero) is 1. The zero-order chi connectivity index (χ0) is 12.5. The average molecular weight is 232 g/mol. The van der Waals surface area contributed by atoms with Gasteiger partial charge in [-0.2, -0.15) is 0 Å². The molecule has 1 N–H and O–H groups in total. The van der Waals surface area contributed by atoms with E-state index in [4.69, 9.17) is 0 Å². The first kappa shape index (κ1) is 12.2. The van der Waals surface area contributed by atoms with Crippen molar-refractivity contribution in [2.75, 3.05) is 0 Å². The van der Waals surface area contributed by atoms with E-state index >= 15 is 0 Å². The highest BCUT2D eigenvalue weighted by Gasteiger charge is 2.40. The summed E-state index contributed by atoms with van der Waals surface area (Å²) in [7, 11) is 0. The molecular formula is C15H20O2. The van der Waals surface area contributed by atoms with Crippen molar-refractivity contribution in [3.8, 4) is 5.75 Å². The Morgan fingerprint density at radius 3 is 2.82 bits per heavy atom. The summed E-state index contributed by atoms with van der Waals surface area (Å²) in [6.45, 7) is 4.23. The molecule has 1 unspecified atom stereocenters. The largest absolute Gasteiger partial charge is 0.508 e. The summed E-state index contributed by atoms with van der Waals surface area (Å²) in [5, 5.41) is 9.46. The summed E-state index contributed by atoms with van der Waals surface area (Å²) in [5.41, 5.74) is 1.57. The number of unbranched alkanes of at least 4 members (excludes halogenated alkanes) is 2. The van der Waals surface area contributed by atoms with E-state index in [2.05, 4.69) is 13.8 Å². The van der Waals surface area contributed by atoms with Gasteiger partial charge in [0.25, 0.3) is 0 Å². The van der Waals surface area contributed by atoms with E-state index in [-0.39, 0.29) is 16.9 Å². The highest BCUT2D eigenvalue weighted by molar-refractivity contribution is 6.04. The molecule has 1 aliphatic rings. The van der Waals surface area contributed by atoms with Gasteiger partial charge in [0.15, 0.2) is 5.78 Å². The standard InChI is InChI=1S/C15H20O2/c1-3-4-5-8-15(2)10-11-9-12(16)6-7-13(11)14(15)17/h6-7,9,16H,3-5,8,10H2,1-2H3. The molecular weight excluding hydrogens is 212 g/mol. The summed E-state index contributed by atoms with van der Waals surface area (Å²) in [6.07, 6.45) is 5.20. The highest BCUT2D eigenvalue weighted by atomic mass is 16.3. The molecule has 1 aromatic carbocycles. The van der Waals surface area contributed by atoms with Crippen LogP contribution in [-0.2, 0) is 6.42 Å². The SMILES string of the molecule is CCCCCC1(C)Cc2cc(O)ccc2C1=O. The van der Waals surface area contributed by atoms with Gasteiger partial charge in [0.2, 0.25) is 0 Å². The van der Waals surface area contributed by atoms with Crippen LogP contribution >= 0.6 is 0 Å². The summed E-state index contributed by atoms with van der Waals surface area (Å²) < 4.78 is 0. The quantitative estimate of drug-likeness (QED) is 0.803. The molecule has 0 aromatic heterocycles. The van der Waals surface area contributed by atoms with Gasteiger partial charge < -0.3 is 5.11 Å². The molecule has 1 aromatic rings. The van der Waals surface area contributed by atoms with Crippen molar-refractivity contribution in [3.63, 3.8) is 0 Å². The van der Waals surface area contributed by atoms with Crippen LogP contribution in [0.5, 0.6) is 5.75 Å². The molecule has 17 heavy (non-hydrogen) atoms. The van der Waals surface area contributed by atoms with Crippen LogP contribution in [-0.4, -0.2) is 10.9 Å². The molecule has 0 spiro atoms. The van der Waals surface area contributed by atoms with E-state index in [9.17, 15) is 9.90 Å². The topological polar surface area (TPSA) is 37.3 Å². The van der Waals surface area contributed by atoms with Gasteiger partial charge >= 0.3 is 0 Å². The Hall–Kier alpha value is -1.31. The molecule has 1 atom stereocenters. The minimum atomic E-state index is -0.245. The van der Waals surface area contributed by atoms with E-state index in [0.717, 1.165) is 30.4 Å². The van der Waals surface area contributed by atoms with Gasteiger partial charge in [-0.05, 0) is 36.6 Å². The molecule has 0 saturated carbocycles. The van der Waals surface area contributed by atoms with Gasteiger partial charge in [0, 0.05) is 11.0 Å². The normalized spacial score (nSPS) is 22.8. The smallest absolute Gasteiger partial charge is 0.169 e. The van der Waals surface area contributed by atoms with Crippen molar-refractivity contribution in [2.45, 2.75) is 46.0 Å². The van der Waals surface area contributed by atoms with Crippen LogP contribution in [0.2, 0.25) is 0 Å². The number of carbonyl (C=O) groups is 1. The van der Waals surface area contributed by atoms with Crippen LogP contribution in [0, 0.1) is 5.41 Å². The Bertz CT molecular complexity index is 437. The number of ketones is 1. The summed E-state index contributed by atoms with van der Waals surface area (Å²) in [4.78, 5) is 12.3. The number of rotatable bonds is 4. The minimum Gasteiger partial charge on any atom is -0.508 e. The fraction of sp³-hybridized carbons (Fsp3) is 0.533. The van der Waals surface area contributed by atoms with Crippen LogP contribution in [0.4, 0.5) is 0 Å². The van der Waals surface area contributed by atoms with Gasteiger partial charge in [-0.1, -0.05) is 33.1 Å². The zero-order valence-electron chi connectivity index (χ0n) is 10.6. The molecule has 0 fully saturated rings. The van der Waals surface area contributed by atoms with Crippen molar-refractivity contribution < 1.29 is 9.90 Å². The first-order valence-corrected chi connectivity index (χ1v) is 6.43. The molecule has 1 aliphatic carbocycles. The maximum atomic E-state index is 12.3. The molecule has 0 heterocycles. The zero-order valence-corrected chi connectivity index (χ0v) is 10.6. The fourth-order valence-electron chi connectivity index (χ4n) is 2.74. The maximum Gasteiger partial charge on any atom is 0.169 e. The molecule has 0 bridgehead atoms. The predicted molar refractivity (Wildman–Crippen MR) is 68.4 cm³/mol. The third kappa shape index (κ3) is 2.21. The average Bonchev–Trinajstić information content (AvgIpc) is 2.51. The lowest BCUT2D eigenvalue weighted by molar-refractivity contribution is 0.0826. The van der Waals surface area contributed by atoms with Crippen molar-refractivity contribution in [2.24, 2.45) is 5.41 Å². The van der Waals surface area contributed by atoms with Gasteiger partial charge in [-0.3, -0.25) is 4.79 Å². The Kier molecular flexibility index (Phi) is 3.23. The Labute approximate surface area is 103 Å². The second-order valence-electron chi connectivity index (χ2n) is 5.37. The van der Waals surface area contributed by atoms with Crippen LogP contribution in [0.1, 0.15) is 55.5 Å². The monoisotopic (exact) mass is 232 g/mol. The van der Waals surface area contributed by atoms with Crippen LogP contribution in [0.3, 0.4) is 0 Å². The lowest BCUT2D eigenvalue weighted by atomic mass is 9.81. The Morgan fingerprint density at radius 2 is 2.12 bits per heavy atom. The van der Waals surface area contributed by atoms with Crippen molar-refractivity contribution in [1.29, 1.82) is 0 Å². The molecule has 0 amide bonds. The molecule has 0 aliphatic heterocycles. The van der Waals surface area contributed by atoms with E-state index < -0.39 is 0 Å². The highest BCUT2D eigenvalue weighted by Crippen LogP contribution is 2.41. The number of phenols is 1. The first-order chi connectivity index (χ1) is 8.07. The van der Waals surface area contributed by atoms with Gasteiger partial charge in [-0.25, -0.2) is 0 Å². The predicted octanol–water partition coefficient (Wildman–Crippen LogP) is 3.72. The number of hydrogen-bond donors (Lipinski definition) is 1. The first-order valence-electron chi connectivity index (χ1n) is 6.43. The summed E-state index contributed by atoms with van der Waals surface area (Å²) in [6, 6.07) is 5.10. The second kappa shape index (κ2) is 4.52. The number of aromatic hydroxyl groups is 1. The lowest BCUT2D eigenvalue weighted by Gasteiger charge is -2.21. The number of phenolic OH excluding ortho intramolecular Hbond substituents is 1. The van der Waals surface area contributed by atoms with Gasteiger partial charge in [0.05, 0.1) is 0 Å². The number of carbonyl (C=O) groups excluding carboxylic acids is 1. The fourth-order valence-corrected chi connectivity index (χ4v) is 2.74. The van der Waals surface area contributed by atoms with Gasteiger partial charge in [-0.15, -0.1) is 0 Å². The van der Waals surface area contributed by atoms with E-state index in [1.807, 2.05) is 0 Å².